The number of amidine groups is 2. The molecule has 4 nitrogen and oxygen atoms in total. The molecule has 0 bridgehead atoms. The minimum Gasteiger partial charge on any atom is -0.497 e. The average molecular weight is 307 g/mol. The number of hydrogen-bond acceptors (Lipinski definition) is 3. The molecule has 118 valence electrons. The maximum absolute atomic E-state index is 5.23. The maximum Gasteiger partial charge on any atom is 0.134 e. The molecule has 3 aliphatic carbocycles. The topological polar surface area (TPSA) is 46.3 Å². The minimum atomic E-state index is 0.339. The number of benzene rings is 1. The predicted octanol–water partition coefficient (Wildman–Crippen LogP) is 3.45. The highest BCUT2D eigenvalue weighted by atomic mass is 16.5. The molecular formula is C19H21N3O. The van der Waals surface area contributed by atoms with E-state index in [0.717, 1.165) is 30.4 Å². The van der Waals surface area contributed by atoms with Crippen LogP contribution in [0.5, 0.6) is 5.75 Å². The molecule has 0 radical (unpaired) electrons. The van der Waals surface area contributed by atoms with E-state index in [1.165, 1.54) is 43.4 Å². The summed E-state index contributed by atoms with van der Waals surface area (Å²) < 4.78 is 5.23. The first-order chi connectivity index (χ1) is 11.2. The van der Waals surface area contributed by atoms with Crippen LogP contribution in [0.3, 0.4) is 0 Å². The highest BCUT2D eigenvalue weighted by molar-refractivity contribution is 6.15. The molecule has 1 aromatic carbocycles. The molecule has 3 saturated carbocycles. The van der Waals surface area contributed by atoms with E-state index in [4.69, 9.17) is 14.7 Å². The van der Waals surface area contributed by atoms with Crippen LogP contribution in [0.25, 0.3) is 0 Å². The van der Waals surface area contributed by atoms with Crippen molar-refractivity contribution in [2.75, 3.05) is 13.7 Å². The van der Waals surface area contributed by atoms with Gasteiger partial charge in [-0.1, -0.05) is 12.1 Å². The van der Waals surface area contributed by atoms with E-state index >= 15 is 0 Å². The Labute approximate surface area is 136 Å². The molecule has 1 aromatic rings. The van der Waals surface area contributed by atoms with Gasteiger partial charge in [0, 0.05) is 23.0 Å². The highest BCUT2D eigenvalue weighted by Crippen LogP contribution is 2.63. The smallest absolute Gasteiger partial charge is 0.134 e. The van der Waals surface area contributed by atoms with Gasteiger partial charge in [-0.3, -0.25) is 4.99 Å². The fourth-order valence-corrected chi connectivity index (χ4v) is 3.42. The standard InChI is InChI=1S/C19H21N3O/c1-23-14-4-2-13(3-5-14)10-16(21-15-11-18(15)6-7-18)22-17-19(8-9-19)12-20-17/h2-5H,6-12H2,1H3. The molecule has 4 heteroatoms. The molecule has 3 fully saturated rings. The SMILES string of the molecule is COc1ccc(CC(=NC2=NCC23CC3)N=C2CC23CC3)cc1. The molecule has 0 unspecified atom stereocenters. The molecule has 4 aliphatic rings. The first-order valence-electron chi connectivity index (χ1n) is 8.55. The number of methoxy groups -OCH3 is 1. The molecular weight excluding hydrogens is 286 g/mol. The van der Waals surface area contributed by atoms with Crippen molar-refractivity contribution in [3.8, 4) is 5.75 Å². The van der Waals surface area contributed by atoms with Gasteiger partial charge in [0.05, 0.1) is 13.7 Å². The summed E-state index contributed by atoms with van der Waals surface area (Å²) >= 11 is 0. The van der Waals surface area contributed by atoms with Crippen LogP contribution in [0.4, 0.5) is 0 Å². The number of aliphatic imine (C=N–C) groups is 3. The van der Waals surface area contributed by atoms with Crippen molar-refractivity contribution in [3.05, 3.63) is 29.8 Å². The Morgan fingerprint density at radius 3 is 2.39 bits per heavy atom. The Bertz CT molecular complexity index is 749. The summed E-state index contributed by atoms with van der Waals surface area (Å²) in [5, 5.41) is 0. The lowest BCUT2D eigenvalue weighted by Gasteiger charge is -2.21. The summed E-state index contributed by atoms with van der Waals surface area (Å²) in [6, 6.07) is 8.21. The summed E-state index contributed by atoms with van der Waals surface area (Å²) in [4.78, 5) is 14.3. The van der Waals surface area contributed by atoms with E-state index in [0.29, 0.717) is 10.8 Å². The van der Waals surface area contributed by atoms with Crippen LogP contribution >= 0.6 is 0 Å². The van der Waals surface area contributed by atoms with Gasteiger partial charge >= 0.3 is 0 Å². The Hall–Kier alpha value is -1.97. The van der Waals surface area contributed by atoms with Crippen molar-refractivity contribution >= 4 is 17.4 Å². The Balaban J connectivity index is 1.40. The normalized spacial score (nSPS) is 26.9. The maximum atomic E-state index is 5.23. The van der Waals surface area contributed by atoms with E-state index in [-0.39, 0.29) is 0 Å². The lowest BCUT2D eigenvalue weighted by molar-refractivity contribution is 0.414. The summed E-state index contributed by atoms with van der Waals surface area (Å²) in [6.45, 7) is 0.974. The number of nitrogens with zero attached hydrogens (tertiary/aromatic N) is 3. The van der Waals surface area contributed by atoms with Gasteiger partial charge in [0.25, 0.3) is 0 Å². The Morgan fingerprint density at radius 2 is 1.87 bits per heavy atom. The third kappa shape index (κ3) is 2.32. The van der Waals surface area contributed by atoms with Crippen molar-refractivity contribution in [3.63, 3.8) is 0 Å². The van der Waals surface area contributed by atoms with Crippen LogP contribution in [0.2, 0.25) is 0 Å². The second kappa shape index (κ2) is 4.53. The summed E-state index contributed by atoms with van der Waals surface area (Å²) in [6.07, 6.45) is 7.13. The lowest BCUT2D eigenvalue weighted by Crippen LogP contribution is -2.28. The largest absolute Gasteiger partial charge is 0.497 e. The van der Waals surface area contributed by atoms with Gasteiger partial charge in [-0.2, -0.15) is 0 Å². The molecule has 0 amide bonds. The highest BCUT2D eigenvalue weighted by Gasteiger charge is 2.60. The fraction of sp³-hybridized carbons (Fsp3) is 0.526. The van der Waals surface area contributed by atoms with Crippen LogP contribution in [0, 0.1) is 10.8 Å². The summed E-state index contributed by atoms with van der Waals surface area (Å²) in [5.74, 6) is 2.88. The monoisotopic (exact) mass is 307 g/mol. The second-order valence-electron chi connectivity index (χ2n) is 7.49. The quantitative estimate of drug-likeness (QED) is 0.623. The van der Waals surface area contributed by atoms with Crippen LogP contribution in [-0.2, 0) is 6.42 Å². The zero-order valence-corrected chi connectivity index (χ0v) is 13.5. The zero-order valence-electron chi connectivity index (χ0n) is 13.5. The number of ether oxygens (including phenoxy) is 1. The van der Waals surface area contributed by atoms with Crippen molar-refractivity contribution in [1.29, 1.82) is 0 Å². The third-order valence-corrected chi connectivity index (χ3v) is 5.73. The van der Waals surface area contributed by atoms with Crippen LogP contribution < -0.4 is 4.74 Å². The fourth-order valence-electron chi connectivity index (χ4n) is 3.42. The van der Waals surface area contributed by atoms with E-state index in [1.54, 1.807) is 7.11 Å². The molecule has 0 saturated heterocycles. The van der Waals surface area contributed by atoms with Crippen molar-refractivity contribution in [1.82, 2.24) is 0 Å². The third-order valence-electron chi connectivity index (χ3n) is 5.73. The van der Waals surface area contributed by atoms with Crippen LogP contribution in [0.15, 0.2) is 39.2 Å². The second-order valence-corrected chi connectivity index (χ2v) is 7.49. The van der Waals surface area contributed by atoms with Gasteiger partial charge in [0.1, 0.15) is 17.4 Å². The van der Waals surface area contributed by atoms with E-state index in [1.807, 2.05) is 12.1 Å². The first-order valence-corrected chi connectivity index (χ1v) is 8.55. The lowest BCUT2D eigenvalue weighted by atomic mass is 10.0. The molecule has 2 spiro atoms. The van der Waals surface area contributed by atoms with Gasteiger partial charge < -0.3 is 4.74 Å². The molecule has 5 rings (SSSR count). The summed E-state index contributed by atoms with van der Waals surface area (Å²) in [7, 11) is 1.69. The molecule has 1 aliphatic heterocycles. The molecule has 23 heavy (non-hydrogen) atoms. The minimum absolute atomic E-state index is 0.339. The molecule has 0 atom stereocenters. The van der Waals surface area contributed by atoms with Gasteiger partial charge in [0.15, 0.2) is 0 Å². The molecule has 1 heterocycles. The van der Waals surface area contributed by atoms with E-state index in [9.17, 15) is 0 Å². The Kier molecular flexibility index (Phi) is 2.65. The van der Waals surface area contributed by atoms with Crippen LogP contribution in [-0.4, -0.2) is 31.0 Å². The van der Waals surface area contributed by atoms with Crippen molar-refractivity contribution in [2.24, 2.45) is 25.8 Å². The van der Waals surface area contributed by atoms with Gasteiger partial charge in [-0.25, -0.2) is 9.98 Å². The van der Waals surface area contributed by atoms with Gasteiger partial charge in [0.2, 0.25) is 0 Å². The molecule has 0 aromatic heterocycles. The van der Waals surface area contributed by atoms with Gasteiger partial charge in [-0.15, -0.1) is 0 Å². The average Bonchev–Trinajstić information content (AvgIpc) is 3.43. The van der Waals surface area contributed by atoms with Crippen molar-refractivity contribution < 1.29 is 4.74 Å². The first kappa shape index (κ1) is 13.5. The molecule has 0 N–H and O–H groups in total. The van der Waals surface area contributed by atoms with E-state index < -0.39 is 0 Å². The van der Waals surface area contributed by atoms with Gasteiger partial charge in [-0.05, 0) is 49.8 Å². The Morgan fingerprint density at radius 1 is 1.13 bits per heavy atom. The summed E-state index contributed by atoms with van der Waals surface area (Å²) in [5.41, 5.74) is 3.43. The predicted molar refractivity (Wildman–Crippen MR) is 91.8 cm³/mol. The van der Waals surface area contributed by atoms with E-state index in [2.05, 4.69) is 17.1 Å². The van der Waals surface area contributed by atoms with Crippen molar-refractivity contribution in [2.45, 2.75) is 38.5 Å². The zero-order chi connectivity index (χ0) is 15.5. The number of hydrogen-bond donors (Lipinski definition) is 0. The number of rotatable bonds is 3. The van der Waals surface area contributed by atoms with Crippen LogP contribution in [0.1, 0.15) is 37.7 Å².